The fraction of sp³-hybridized carbons (Fsp3) is 0.545. The van der Waals surface area contributed by atoms with Crippen LogP contribution in [0.4, 0.5) is 8.78 Å². The van der Waals surface area contributed by atoms with Gasteiger partial charge in [-0.1, -0.05) is 32.3 Å². The van der Waals surface area contributed by atoms with Crippen molar-refractivity contribution in [1.82, 2.24) is 15.2 Å². The van der Waals surface area contributed by atoms with E-state index in [1.54, 1.807) is 6.92 Å². The number of aromatic nitrogens is 1. The fourth-order valence-corrected chi connectivity index (χ4v) is 4.72. The number of thiazole rings is 1. The molecule has 158 valence electrons. The van der Waals surface area contributed by atoms with Crippen molar-refractivity contribution in [2.75, 3.05) is 19.6 Å². The van der Waals surface area contributed by atoms with E-state index in [9.17, 15) is 13.6 Å². The Bertz CT molecular complexity index is 831. The second-order valence-electron chi connectivity index (χ2n) is 7.62. The number of carbonyl (C=O) groups is 1. The first kappa shape index (κ1) is 21.8. The summed E-state index contributed by atoms with van der Waals surface area (Å²) in [5, 5.41) is 3.94. The van der Waals surface area contributed by atoms with Crippen LogP contribution in [0.2, 0.25) is 0 Å². The van der Waals surface area contributed by atoms with Gasteiger partial charge in [0.1, 0.15) is 9.88 Å². The molecule has 0 unspecified atom stereocenters. The predicted molar refractivity (Wildman–Crippen MR) is 113 cm³/mol. The number of benzene rings is 1. The molecule has 4 nitrogen and oxygen atoms in total. The standard InChI is InChI=1S/C22H29F2N3OS/c1-3-4-5-6-12-25-16-10-13-27(14-11-16)22(28)20-15(2)26-21(29-20)17-8-7-9-18(23)19(17)24/h7-9,16,25H,3-6,10-14H2,1-2H3. The number of hydrogen-bond donors (Lipinski definition) is 1. The van der Waals surface area contributed by atoms with Gasteiger partial charge in [0, 0.05) is 24.7 Å². The lowest BCUT2D eigenvalue weighted by Gasteiger charge is -2.32. The maximum absolute atomic E-state index is 14.1. The number of aryl methyl sites for hydroxylation is 1. The van der Waals surface area contributed by atoms with Crippen molar-refractivity contribution < 1.29 is 13.6 Å². The molecule has 3 rings (SSSR count). The topological polar surface area (TPSA) is 45.2 Å². The minimum Gasteiger partial charge on any atom is -0.338 e. The van der Waals surface area contributed by atoms with E-state index in [0.29, 0.717) is 34.7 Å². The smallest absolute Gasteiger partial charge is 0.265 e. The van der Waals surface area contributed by atoms with Gasteiger partial charge < -0.3 is 10.2 Å². The molecule has 29 heavy (non-hydrogen) atoms. The number of nitrogens with one attached hydrogen (secondary N) is 1. The van der Waals surface area contributed by atoms with Crippen LogP contribution in [0, 0.1) is 18.6 Å². The highest BCUT2D eigenvalue weighted by Gasteiger charge is 2.27. The lowest BCUT2D eigenvalue weighted by molar-refractivity contribution is 0.0709. The van der Waals surface area contributed by atoms with Crippen molar-refractivity contribution in [2.45, 2.75) is 58.4 Å². The number of hydrogen-bond acceptors (Lipinski definition) is 4. The zero-order chi connectivity index (χ0) is 20.8. The van der Waals surface area contributed by atoms with Crippen molar-refractivity contribution in [3.63, 3.8) is 0 Å². The van der Waals surface area contributed by atoms with Crippen molar-refractivity contribution in [3.8, 4) is 10.6 Å². The largest absolute Gasteiger partial charge is 0.338 e. The Kier molecular flexibility index (Phi) is 7.72. The summed E-state index contributed by atoms with van der Waals surface area (Å²) in [4.78, 5) is 19.7. The normalized spacial score (nSPS) is 15.1. The molecule has 0 radical (unpaired) electrons. The van der Waals surface area contributed by atoms with E-state index in [0.717, 1.165) is 36.8 Å². The van der Waals surface area contributed by atoms with Gasteiger partial charge in [0.05, 0.1) is 5.69 Å². The number of carbonyl (C=O) groups excluding carboxylic acids is 1. The predicted octanol–water partition coefficient (Wildman–Crippen LogP) is 5.17. The minimum atomic E-state index is -0.925. The molecular formula is C22H29F2N3OS. The number of likely N-dealkylation sites (tertiary alicyclic amines) is 1. The van der Waals surface area contributed by atoms with Crippen LogP contribution < -0.4 is 5.32 Å². The molecule has 0 aliphatic carbocycles. The first-order valence-corrected chi connectivity index (χ1v) is 11.3. The van der Waals surface area contributed by atoms with E-state index in [1.165, 1.54) is 37.8 Å². The van der Waals surface area contributed by atoms with Crippen LogP contribution in [0.3, 0.4) is 0 Å². The van der Waals surface area contributed by atoms with E-state index in [-0.39, 0.29) is 11.5 Å². The van der Waals surface area contributed by atoms with E-state index in [4.69, 9.17) is 0 Å². The zero-order valence-electron chi connectivity index (χ0n) is 17.1. The molecule has 0 spiro atoms. The number of piperidine rings is 1. The van der Waals surface area contributed by atoms with Crippen molar-refractivity contribution in [1.29, 1.82) is 0 Å². The third-order valence-corrected chi connectivity index (χ3v) is 6.60. The molecular weight excluding hydrogens is 392 g/mol. The molecule has 0 atom stereocenters. The minimum absolute atomic E-state index is 0.0653. The monoisotopic (exact) mass is 421 g/mol. The molecule has 1 aliphatic rings. The molecule has 1 N–H and O–H groups in total. The Hall–Kier alpha value is -1.86. The Morgan fingerprint density at radius 2 is 2.00 bits per heavy atom. The number of nitrogens with zero attached hydrogens (tertiary/aromatic N) is 2. The molecule has 1 aliphatic heterocycles. The van der Waals surface area contributed by atoms with Crippen LogP contribution >= 0.6 is 11.3 Å². The zero-order valence-corrected chi connectivity index (χ0v) is 18.0. The SMILES string of the molecule is CCCCCCNC1CCN(C(=O)c2sc(-c3cccc(F)c3F)nc2C)CC1. The summed E-state index contributed by atoms with van der Waals surface area (Å²) >= 11 is 1.13. The molecule has 2 aromatic rings. The van der Waals surface area contributed by atoms with Gasteiger partial charge in [0.25, 0.3) is 5.91 Å². The lowest BCUT2D eigenvalue weighted by Crippen LogP contribution is -2.45. The molecule has 0 bridgehead atoms. The maximum Gasteiger partial charge on any atom is 0.265 e. The van der Waals surface area contributed by atoms with Crippen molar-refractivity contribution in [2.24, 2.45) is 0 Å². The Balaban J connectivity index is 1.58. The van der Waals surface area contributed by atoms with Gasteiger partial charge in [-0.05, 0) is 44.9 Å². The number of amides is 1. The van der Waals surface area contributed by atoms with Crippen LogP contribution in [0.1, 0.15) is 60.8 Å². The Morgan fingerprint density at radius 3 is 2.72 bits per heavy atom. The van der Waals surface area contributed by atoms with Gasteiger partial charge in [-0.3, -0.25) is 4.79 Å². The summed E-state index contributed by atoms with van der Waals surface area (Å²) in [5.41, 5.74) is 0.665. The van der Waals surface area contributed by atoms with Gasteiger partial charge in [-0.25, -0.2) is 13.8 Å². The highest BCUT2D eigenvalue weighted by molar-refractivity contribution is 7.17. The number of unbranched alkanes of at least 4 members (excludes halogenated alkanes) is 3. The number of halogens is 2. The lowest BCUT2D eigenvalue weighted by atomic mass is 10.0. The van der Waals surface area contributed by atoms with Gasteiger partial charge in [0.2, 0.25) is 0 Å². The molecule has 2 heterocycles. The van der Waals surface area contributed by atoms with Crippen LogP contribution in [0.15, 0.2) is 18.2 Å². The highest BCUT2D eigenvalue weighted by Crippen LogP contribution is 2.31. The van der Waals surface area contributed by atoms with E-state index >= 15 is 0 Å². The Morgan fingerprint density at radius 1 is 1.24 bits per heavy atom. The third kappa shape index (κ3) is 5.39. The van der Waals surface area contributed by atoms with Crippen LogP contribution in [-0.2, 0) is 0 Å². The molecule has 0 saturated carbocycles. The molecule has 1 aromatic carbocycles. The van der Waals surface area contributed by atoms with E-state index < -0.39 is 11.6 Å². The summed E-state index contributed by atoms with van der Waals surface area (Å²) in [7, 11) is 0. The molecule has 1 saturated heterocycles. The summed E-state index contributed by atoms with van der Waals surface area (Å²) in [5.74, 6) is -1.90. The first-order chi connectivity index (χ1) is 14.0. The molecule has 7 heteroatoms. The van der Waals surface area contributed by atoms with Crippen LogP contribution in [-0.4, -0.2) is 41.5 Å². The van der Waals surface area contributed by atoms with Gasteiger partial charge in [-0.2, -0.15) is 0 Å². The molecule has 1 amide bonds. The van der Waals surface area contributed by atoms with Gasteiger partial charge >= 0.3 is 0 Å². The van der Waals surface area contributed by atoms with E-state index in [1.807, 2.05) is 4.90 Å². The second kappa shape index (κ2) is 10.3. The summed E-state index contributed by atoms with van der Waals surface area (Å²) < 4.78 is 27.6. The van der Waals surface area contributed by atoms with Gasteiger partial charge in [0.15, 0.2) is 11.6 Å². The number of rotatable bonds is 8. The average Bonchev–Trinajstić information content (AvgIpc) is 3.11. The second-order valence-corrected chi connectivity index (χ2v) is 8.62. The summed E-state index contributed by atoms with van der Waals surface area (Å²) in [6.45, 7) is 6.39. The quantitative estimate of drug-likeness (QED) is 0.598. The Labute approximate surface area is 175 Å². The molecule has 1 fully saturated rings. The van der Waals surface area contributed by atoms with Gasteiger partial charge in [-0.15, -0.1) is 11.3 Å². The summed E-state index contributed by atoms with van der Waals surface area (Å²) in [6.07, 6.45) is 6.85. The molecule has 1 aromatic heterocycles. The average molecular weight is 422 g/mol. The summed E-state index contributed by atoms with van der Waals surface area (Å²) in [6, 6.07) is 4.47. The maximum atomic E-state index is 14.1. The van der Waals surface area contributed by atoms with Crippen LogP contribution in [0.25, 0.3) is 10.6 Å². The first-order valence-electron chi connectivity index (χ1n) is 10.5. The highest BCUT2D eigenvalue weighted by atomic mass is 32.1. The fourth-order valence-electron chi connectivity index (χ4n) is 3.67. The van der Waals surface area contributed by atoms with E-state index in [2.05, 4.69) is 17.2 Å². The third-order valence-electron chi connectivity index (χ3n) is 5.42. The van der Waals surface area contributed by atoms with Crippen LogP contribution in [0.5, 0.6) is 0 Å². The van der Waals surface area contributed by atoms with Crippen molar-refractivity contribution in [3.05, 3.63) is 40.4 Å². The van der Waals surface area contributed by atoms with Crippen molar-refractivity contribution >= 4 is 17.2 Å².